The lowest BCUT2D eigenvalue weighted by atomic mass is 10.1. The Kier molecular flexibility index (Phi) is 4.34. The molecule has 0 spiro atoms. The van der Waals surface area contributed by atoms with Crippen molar-refractivity contribution in [2.24, 2.45) is 10.7 Å². The van der Waals surface area contributed by atoms with Crippen molar-refractivity contribution in [3.8, 4) is 5.75 Å². The second-order valence-electron chi connectivity index (χ2n) is 5.33. The van der Waals surface area contributed by atoms with E-state index in [4.69, 9.17) is 10.5 Å². The molecule has 22 heavy (non-hydrogen) atoms. The van der Waals surface area contributed by atoms with E-state index in [9.17, 15) is 0 Å². The number of rotatable bonds is 4. The van der Waals surface area contributed by atoms with Gasteiger partial charge in [0.1, 0.15) is 5.75 Å². The zero-order chi connectivity index (χ0) is 15.5. The minimum absolute atomic E-state index is 0.263. The molecule has 3 N–H and O–H groups in total. The molecule has 1 aliphatic rings. The maximum Gasteiger partial charge on any atom is 0.193 e. The van der Waals surface area contributed by atoms with Crippen molar-refractivity contribution in [1.82, 2.24) is 0 Å². The van der Waals surface area contributed by atoms with Crippen LogP contribution in [-0.2, 0) is 0 Å². The highest BCUT2D eigenvalue weighted by atomic mass is 79.9. The molecule has 2 aromatic rings. The van der Waals surface area contributed by atoms with Crippen molar-refractivity contribution < 1.29 is 4.74 Å². The molecule has 2 aromatic carbocycles. The molecule has 3 rings (SSSR count). The fourth-order valence-corrected chi connectivity index (χ4v) is 2.72. The van der Waals surface area contributed by atoms with E-state index in [2.05, 4.69) is 50.5 Å². The molecular formula is C17H18BrN3O. The molecule has 0 aromatic heterocycles. The number of benzene rings is 2. The molecule has 0 amide bonds. The van der Waals surface area contributed by atoms with Gasteiger partial charge in [0, 0.05) is 22.1 Å². The van der Waals surface area contributed by atoms with Crippen molar-refractivity contribution in [3.05, 3.63) is 58.6 Å². The number of nitrogens with one attached hydrogen (secondary N) is 1. The van der Waals surface area contributed by atoms with Gasteiger partial charge in [0.25, 0.3) is 0 Å². The minimum atomic E-state index is 0.263. The van der Waals surface area contributed by atoms with Gasteiger partial charge in [-0.25, -0.2) is 4.99 Å². The molecule has 0 heterocycles. The summed E-state index contributed by atoms with van der Waals surface area (Å²) in [6, 6.07) is 16.3. The summed E-state index contributed by atoms with van der Waals surface area (Å²) < 4.78 is 6.28. The van der Waals surface area contributed by atoms with E-state index < -0.39 is 0 Å². The van der Waals surface area contributed by atoms with E-state index in [1.165, 1.54) is 5.56 Å². The average Bonchev–Trinajstić information content (AvgIpc) is 3.27. The first-order chi connectivity index (χ1) is 10.7. The monoisotopic (exact) mass is 359 g/mol. The summed E-state index contributed by atoms with van der Waals surface area (Å²) in [4.78, 5) is 4.55. The van der Waals surface area contributed by atoms with Gasteiger partial charge in [-0.1, -0.05) is 34.1 Å². The highest BCUT2D eigenvalue weighted by Crippen LogP contribution is 2.43. The summed E-state index contributed by atoms with van der Waals surface area (Å²) in [5.74, 6) is 1.70. The number of methoxy groups -OCH3 is 1. The quantitative estimate of drug-likeness (QED) is 0.645. The third-order valence-electron chi connectivity index (χ3n) is 3.70. The van der Waals surface area contributed by atoms with Gasteiger partial charge in [0.05, 0.1) is 13.2 Å². The SMILES string of the molecule is COc1cccc(NC(N)=NC2CC2c2ccc(Br)cc2)c1. The Labute approximate surface area is 138 Å². The average molecular weight is 360 g/mol. The van der Waals surface area contributed by atoms with Crippen LogP contribution in [-0.4, -0.2) is 19.1 Å². The number of ether oxygens (including phenoxy) is 1. The molecule has 4 nitrogen and oxygen atoms in total. The van der Waals surface area contributed by atoms with Crippen LogP contribution in [0.1, 0.15) is 17.9 Å². The maximum absolute atomic E-state index is 5.99. The van der Waals surface area contributed by atoms with Crippen molar-refractivity contribution in [2.45, 2.75) is 18.4 Å². The van der Waals surface area contributed by atoms with Gasteiger partial charge in [0.2, 0.25) is 0 Å². The van der Waals surface area contributed by atoms with Crippen molar-refractivity contribution in [2.75, 3.05) is 12.4 Å². The molecule has 1 saturated carbocycles. The summed E-state index contributed by atoms with van der Waals surface area (Å²) in [5.41, 5.74) is 8.18. The number of hydrogen-bond donors (Lipinski definition) is 2. The zero-order valence-corrected chi connectivity index (χ0v) is 13.9. The van der Waals surface area contributed by atoms with Gasteiger partial charge in [-0.3, -0.25) is 0 Å². The molecule has 0 saturated heterocycles. The smallest absolute Gasteiger partial charge is 0.193 e. The van der Waals surface area contributed by atoms with Gasteiger partial charge in [0.15, 0.2) is 5.96 Å². The summed E-state index contributed by atoms with van der Waals surface area (Å²) in [7, 11) is 1.64. The summed E-state index contributed by atoms with van der Waals surface area (Å²) >= 11 is 3.45. The third-order valence-corrected chi connectivity index (χ3v) is 4.23. The lowest BCUT2D eigenvalue weighted by molar-refractivity contribution is 0.415. The van der Waals surface area contributed by atoms with E-state index in [0.717, 1.165) is 22.3 Å². The third kappa shape index (κ3) is 3.60. The van der Waals surface area contributed by atoms with Crippen molar-refractivity contribution in [1.29, 1.82) is 0 Å². The van der Waals surface area contributed by atoms with E-state index in [1.54, 1.807) is 7.11 Å². The first-order valence-electron chi connectivity index (χ1n) is 7.15. The van der Waals surface area contributed by atoms with Gasteiger partial charge < -0.3 is 15.8 Å². The van der Waals surface area contributed by atoms with Crippen LogP contribution in [0.2, 0.25) is 0 Å². The van der Waals surface area contributed by atoms with E-state index in [1.807, 2.05) is 24.3 Å². The van der Waals surface area contributed by atoms with Crippen LogP contribution < -0.4 is 15.8 Å². The Morgan fingerprint density at radius 2 is 2.05 bits per heavy atom. The number of anilines is 1. The summed E-state index contributed by atoms with van der Waals surface area (Å²) in [5, 5.41) is 3.11. The Morgan fingerprint density at radius 1 is 1.27 bits per heavy atom. The molecule has 114 valence electrons. The number of nitrogens with zero attached hydrogens (tertiary/aromatic N) is 1. The molecule has 2 unspecified atom stereocenters. The highest BCUT2D eigenvalue weighted by molar-refractivity contribution is 9.10. The molecule has 2 atom stereocenters. The predicted octanol–water partition coefficient (Wildman–Crippen LogP) is 3.74. The fourth-order valence-electron chi connectivity index (χ4n) is 2.45. The molecule has 5 heteroatoms. The van der Waals surface area contributed by atoms with Crippen LogP contribution in [0.3, 0.4) is 0 Å². The van der Waals surface area contributed by atoms with Crippen LogP contribution in [0, 0.1) is 0 Å². The molecule has 0 bridgehead atoms. The number of guanidine groups is 1. The van der Waals surface area contributed by atoms with Gasteiger partial charge in [-0.15, -0.1) is 0 Å². The first-order valence-corrected chi connectivity index (χ1v) is 7.95. The summed E-state index contributed by atoms with van der Waals surface area (Å²) in [6.45, 7) is 0. The first kappa shape index (κ1) is 14.9. The Hall–Kier alpha value is -2.01. The minimum Gasteiger partial charge on any atom is -0.497 e. The molecule has 0 radical (unpaired) electrons. The molecule has 1 fully saturated rings. The van der Waals surface area contributed by atoms with Gasteiger partial charge in [-0.2, -0.15) is 0 Å². The van der Waals surface area contributed by atoms with Gasteiger partial charge in [-0.05, 0) is 36.2 Å². The van der Waals surface area contributed by atoms with Crippen LogP contribution in [0.15, 0.2) is 58.0 Å². The van der Waals surface area contributed by atoms with E-state index >= 15 is 0 Å². The maximum atomic E-state index is 5.99. The highest BCUT2D eigenvalue weighted by Gasteiger charge is 2.38. The second kappa shape index (κ2) is 6.40. The van der Waals surface area contributed by atoms with E-state index in [0.29, 0.717) is 11.9 Å². The molecular weight excluding hydrogens is 342 g/mol. The number of aliphatic imine (C=N–C) groups is 1. The topological polar surface area (TPSA) is 59.6 Å². The predicted molar refractivity (Wildman–Crippen MR) is 93.5 cm³/mol. The normalized spacial score (nSPS) is 20.5. The number of halogens is 1. The standard InChI is InChI=1S/C17H18BrN3O/c1-22-14-4-2-3-13(9-14)20-17(19)21-16-10-15(16)11-5-7-12(18)8-6-11/h2-9,15-16H,10H2,1H3,(H3,19,20,21). The Bertz CT molecular complexity index is 685. The van der Waals surface area contributed by atoms with E-state index in [-0.39, 0.29) is 6.04 Å². The van der Waals surface area contributed by atoms with Crippen molar-refractivity contribution >= 4 is 27.6 Å². The lowest BCUT2D eigenvalue weighted by Crippen LogP contribution is -2.23. The zero-order valence-electron chi connectivity index (χ0n) is 12.3. The van der Waals surface area contributed by atoms with Crippen LogP contribution in [0.4, 0.5) is 5.69 Å². The van der Waals surface area contributed by atoms with Crippen LogP contribution in [0.5, 0.6) is 5.75 Å². The van der Waals surface area contributed by atoms with Gasteiger partial charge >= 0.3 is 0 Å². The molecule has 1 aliphatic carbocycles. The Balaban J connectivity index is 1.62. The van der Waals surface area contributed by atoms with Crippen molar-refractivity contribution in [3.63, 3.8) is 0 Å². The second-order valence-corrected chi connectivity index (χ2v) is 6.25. The fraction of sp³-hybridized carbons (Fsp3) is 0.235. The lowest BCUT2D eigenvalue weighted by Gasteiger charge is -2.07. The Morgan fingerprint density at radius 3 is 2.77 bits per heavy atom. The molecule has 0 aliphatic heterocycles. The van der Waals surface area contributed by atoms with Crippen LogP contribution >= 0.6 is 15.9 Å². The number of hydrogen-bond acceptors (Lipinski definition) is 2. The summed E-state index contributed by atoms with van der Waals surface area (Å²) in [6.07, 6.45) is 1.04. The number of nitrogens with two attached hydrogens (primary N) is 1. The largest absolute Gasteiger partial charge is 0.497 e. The van der Waals surface area contributed by atoms with Crippen LogP contribution in [0.25, 0.3) is 0 Å².